The lowest BCUT2D eigenvalue weighted by atomic mass is 10.1. The van der Waals surface area contributed by atoms with Crippen LogP contribution in [-0.4, -0.2) is 107 Å². The van der Waals surface area contributed by atoms with Crippen molar-refractivity contribution >= 4 is 73.2 Å². The molecule has 3 aliphatic rings. The molecule has 3 N–H and O–H groups in total. The van der Waals surface area contributed by atoms with Crippen molar-refractivity contribution in [3.8, 4) is 11.6 Å². The van der Waals surface area contributed by atoms with Gasteiger partial charge in [-0.25, -0.2) is 18.2 Å². The molecule has 4 amide bonds. The number of halogens is 1. The van der Waals surface area contributed by atoms with E-state index in [9.17, 15) is 32.4 Å². The van der Waals surface area contributed by atoms with Crippen LogP contribution >= 0.6 is 22.6 Å². The van der Waals surface area contributed by atoms with E-state index in [0.717, 1.165) is 17.4 Å². The summed E-state index contributed by atoms with van der Waals surface area (Å²) in [5.74, 6) is -2.36. The quantitative estimate of drug-likeness (QED) is 0.159. The van der Waals surface area contributed by atoms with Gasteiger partial charge in [0.15, 0.2) is 0 Å². The van der Waals surface area contributed by atoms with Crippen molar-refractivity contribution in [2.45, 2.75) is 91.4 Å². The number of fused-ring (bicyclic) bond motifs is 1. The predicted octanol–water partition coefficient (Wildman–Crippen LogP) is 1.72. The predicted molar refractivity (Wildman–Crippen MR) is 186 cm³/mol. The standard InChI is InChI=1S/C32H40IN5O11S/c1-31(2,3)49-30(43)35-22(14-25(39)47-5)28(41)38-16-19(48-27-21-9-6-18(46-4)12-17(21)10-11-34-27)13-23(38)26(40)36-32(15-24(32)33)29(42)37-50(44,45)20-7-8-20/h6,9-12,19-20,22-24H,7-8,13-16H2,1-5H3,(H,35,43)(H,36,40)(H,37,42)/t19-,22+,23+,24-,32-/m1/s1. The van der Waals surface area contributed by atoms with Crippen LogP contribution in [-0.2, 0) is 38.7 Å². The van der Waals surface area contributed by atoms with Crippen LogP contribution in [0.15, 0.2) is 30.5 Å². The highest BCUT2D eigenvalue weighted by molar-refractivity contribution is 14.1. The maximum Gasteiger partial charge on any atom is 0.408 e. The summed E-state index contributed by atoms with van der Waals surface area (Å²) >= 11 is 1.96. The molecule has 0 unspecified atom stereocenters. The van der Waals surface area contributed by atoms with E-state index in [1.807, 2.05) is 22.6 Å². The number of methoxy groups -OCH3 is 2. The SMILES string of the molecule is COC(=O)C[C@H](NC(=O)OC(C)(C)C)C(=O)N1C[C@H](Oc2nccc3cc(OC)ccc23)C[C@H]1C(=O)N[C@]1(C(=O)NS(=O)(=O)C2CC2)C[C@H]1I. The molecule has 272 valence electrons. The molecular formula is C32H40IN5O11S. The molecule has 16 nitrogen and oxygen atoms in total. The summed E-state index contributed by atoms with van der Waals surface area (Å²) in [6.45, 7) is 4.72. The molecule has 1 aliphatic heterocycles. The normalized spacial score (nSPS) is 23.7. The number of carbonyl (C=O) groups is 5. The lowest BCUT2D eigenvalue weighted by molar-refractivity contribution is -0.146. The third-order valence-electron chi connectivity index (χ3n) is 8.47. The number of benzene rings is 1. The maximum atomic E-state index is 14.2. The molecule has 2 heterocycles. The van der Waals surface area contributed by atoms with Crippen molar-refractivity contribution in [1.82, 2.24) is 25.2 Å². The molecule has 5 rings (SSSR count). The zero-order valence-corrected chi connectivity index (χ0v) is 31.2. The molecule has 2 saturated carbocycles. The highest BCUT2D eigenvalue weighted by Gasteiger charge is 2.62. The lowest BCUT2D eigenvalue weighted by Crippen LogP contribution is -2.58. The second-order valence-electron chi connectivity index (χ2n) is 13.5. The first kappa shape index (κ1) is 37.3. The van der Waals surface area contributed by atoms with Crippen LogP contribution in [0.25, 0.3) is 10.8 Å². The minimum Gasteiger partial charge on any atom is -0.497 e. The first-order valence-corrected chi connectivity index (χ1v) is 18.7. The first-order valence-electron chi connectivity index (χ1n) is 15.9. The van der Waals surface area contributed by atoms with Gasteiger partial charge in [0, 0.05) is 21.9 Å². The minimum atomic E-state index is -3.90. The van der Waals surface area contributed by atoms with Crippen molar-refractivity contribution in [3.63, 3.8) is 0 Å². The second kappa shape index (κ2) is 14.4. The number of carbonyl (C=O) groups excluding carboxylic acids is 5. The van der Waals surface area contributed by atoms with Crippen LogP contribution in [0.1, 0.15) is 52.9 Å². The number of sulfonamides is 1. The number of hydrogen-bond acceptors (Lipinski definition) is 12. The van der Waals surface area contributed by atoms with Gasteiger partial charge in [0.2, 0.25) is 27.7 Å². The fourth-order valence-corrected chi connectivity index (χ4v) is 8.11. The Bertz CT molecular complexity index is 1800. The molecule has 0 radical (unpaired) electrons. The monoisotopic (exact) mass is 829 g/mol. The van der Waals surface area contributed by atoms with Crippen molar-refractivity contribution in [3.05, 3.63) is 30.5 Å². The maximum absolute atomic E-state index is 14.2. The van der Waals surface area contributed by atoms with Crippen LogP contribution in [0.5, 0.6) is 11.6 Å². The van der Waals surface area contributed by atoms with Crippen molar-refractivity contribution in [1.29, 1.82) is 0 Å². The number of amides is 4. The van der Waals surface area contributed by atoms with Crippen LogP contribution in [0.2, 0.25) is 0 Å². The number of nitrogens with zero attached hydrogens (tertiary/aromatic N) is 2. The average Bonchev–Trinajstić information content (AvgIpc) is 3.96. The molecule has 5 atom stereocenters. The molecule has 50 heavy (non-hydrogen) atoms. The molecule has 1 saturated heterocycles. The van der Waals surface area contributed by atoms with Gasteiger partial charge in [-0.1, -0.05) is 22.6 Å². The minimum absolute atomic E-state index is 0.0623. The van der Waals surface area contributed by atoms with Crippen LogP contribution in [0.3, 0.4) is 0 Å². The van der Waals surface area contributed by atoms with Gasteiger partial charge in [0.05, 0.1) is 32.4 Å². The number of ether oxygens (including phenoxy) is 4. The zero-order valence-electron chi connectivity index (χ0n) is 28.2. The van der Waals surface area contributed by atoms with E-state index in [2.05, 4.69) is 20.3 Å². The molecule has 0 spiro atoms. The van der Waals surface area contributed by atoms with Gasteiger partial charge in [-0.3, -0.25) is 23.9 Å². The molecule has 18 heteroatoms. The van der Waals surface area contributed by atoms with E-state index >= 15 is 0 Å². The molecule has 3 fully saturated rings. The van der Waals surface area contributed by atoms with Crippen molar-refractivity contribution in [2.24, 2.45) is 0 Å². The molecule has 2 aromatic rings. The van der Waals surface area contributed by atoms with Crippen molar-refractivity contribution in [2.75, 3.05) is 20.8 Å². The van der Waals surface area contributed by atoms with Gasteiger partial charge in [0.1, 0.15) is 35.1 Å². The number of hydrogen-bond donors (Lipinski definition) is 3. The Morgan fingerprint density at radius 3 is 2.42 bits per heavy atom. The average molecular weight is 830 g/mol. The summed E-state index contributed by atoms with van der Waals surface area (Å²) in [6, 6.07) is 4.33. The number of nitrogens with one attached hydrogen (secondary N) is 3. The van der Waals surface area contributed by atoms with Crippen LogP contribution in [0.4, 0.5) is 4.79 Å². The Morgan fingerprint density at radius 1 is 1.12 bits per heavy atom. The van der Waals surface area contributed by atoms with Crippen molar-refractivity contribution < 1.29 is 51.3 Å². The van der Waals surface area contributed by atoms with E-state index in [4.69, 9.17) is 18.9 Å². The Labute approximate surface area is 302 Å². The van der Waals surface area contributed by atoms with Gasteiger partial charge < -0.3 is 34.5 Å². The zero-order chi connectivity index (χ0) is 36.6. The smallest absolute Gasteiger partial charge is 0.408 e. The summed E-state index contributed by atoms with van der Waals surface area (Å²) in [4.78, 5) is 72.1. The fraction of sp³-hybridized carbons (Fsp3) is 0.562. The molecule has 0 bridgehead atoms. The van der Waals surface area contributed by atoms with E-state index in [-0.39, 0.29) is 25.3 Å². The Balaban J connectivity index is 1.42. The topological polar surface area (TPSA) is 209 Å². The number of alkyl carbamates (subject to hydrolysis) is 1. The largest absolute Gasteiger partial charge is 0.497 e. The number of rotatable bonds is 12. The molecule has 1 aromatic heterocycles. The Hall–Kier alpha value is -3.94. The number of likely N-dealkylation sites (tertiary alicyclic amines) is 1. The summed E-state index contributed by atoms with van der Waals surface area (Å²) in [5, 5.41) is 5.89. The lowest BCUT2D eigenvalue weighted by Gasteiger charge is -2.30. The highest BCUT2D eigenvalue weighted by atomic mass is 127. The van der Waals surface area contributed by atoms with E-state index < -0.39 is 84.7 Å². The number of alkyl halides is 1. The molecule has 2 aliphatic carbocycles. The number of esters is 1. The van der Waals surface area contributed by atoms with Gasteiger partial charge in [0.25, 0.3) is 5.91 Å². The third-order valence-corrected chi connectivity index (χ3v) is 11.8. The van der Waals surface area contributed by atoms with Gasteiger partial charge in [-0.15, -0.1) is 0 Å². The summed E-state index contributed by atoms with van der Waals surface area (Å²) in [5.41, 5.74) is -2.45. The number of aromatic nitrogens is 1. The molecule has 1 aromatic carbocycles. The number of pyridine rings is 1. The van der Waals surface area contributed by atoms with Gasteiger partial charge >= 0.3 is 12.1 Å². The first-order chi connectivity index (χ1) is 23.5. The second-order valence-corrected chi connectivity index (χ2v) is 16.9. The fourth-order valence-electron chi connectivity index (χ4n) is 5.61. The van der Waals surface area contributed by atoms with Crippen LogP contribution in [0, 0.1) is 0 Å². The summed E-state index contributed by atoms with van der Waals surface area (Å²) in [6.07, 6.45) is 0.193. The van der Waals surface area contributed by atoms with Gasteiger partial charge in [-0.05, 0) is 69.7 Å². The van der Waals surface area contributed by atoms with E-state index in [1.165, 1.54) is 0 Å². The van der Waals surface area contributed by atoms with E-state index in [1.54, 1.807) is 58.3 Å². The third kappa shape index (κ3) is 8.50. The van der Waals surface area contributed by atoms with E-state index in [0.29, 0.717) is 24.0 Å². The molecular weight excluding hydrogens is 789 g/mol. The summed E-state index contributed by atoms with van der Waals surface area (Å²) < 4.78 is 48.5. The van der Waals surface area contributed by atoms with Crippen LogP contribution < -0.4 is 24.8 Å². The Morgan fingerprint density at radius 2 is 1.82 bits per heavy atom. The Kier molecular flexibility index (Phi) is 10.7. The van der Waals surface area contributed by atoms with Gasteiger partial charge in [-0.2, -0.15) is 0 Å². The summed E-state index contributed by atoms with van der Waals surface area (Å²) in [7, 11) is -1.22. The highest BCUT2D eigenvalue weighted by Crippen LogP contribution is 2.44.